The lowest BCUT2D eigenvalue weighted by Crippen LogP contribution is -2.36. The van der Waals surface area contributed by atoms with Crippen molar-refractivity contribution in [3.63, 3.8) is 0 Å². The fraction of sp³-hybridized carbons (Fsp3) is 0.360. The topological polar surface area (TPSA) is 110 Å². The number of nitrogens with one attached hydrogen (secondary N) is 2. The van der Waals surface area contributed by atoms with Gasteiger partial charge in [0.1, 0.15) is 0 Å². The number of rotatable bonds is 11. The third-order valence-electron chi connectivity index (χ3n) is 4.68. The number of nitrogens with zero attached hydrogens (tertiary/aromatic N) is 3. The Labute approximate surface area is 189 Å². The van der Waals surface area contributed by atoms with E-state index in [9.17, 15) is 4.79 Å². The van der Waals surface area contributed by atoms with Crippen LogP contribution in [0, 0.1) is 17.4 Å². The molecule has 168 valence electrons. The number of aliphatic carboxylic acids is 1. The first-order chi connectivity index (χ1) is 15.5. The highest BCUT2D eigenvalue weighted by Crippen LogP contribution is 2.24. The summed E-state index contributed by atoms with van der Waals surface area (Å²) < 4.78 is 0. The van der Waals surface area contributed by atoms with Crippen LogP contribution in [0.3, 0.4) is 0 Å². The van der Waals surface area contributed by atoms with Crippen molar-refractivity contribution >= 4 is 17.5 Å². The van der Waals surface area contributed by atoms with Crippen LogP contribution in [-0.2, 0) is 11.2 Å². The number of aliphatic imine (C=N–C) groups is 1. The lowest BCUT2D eigenvalue weighted by molar-refractivity contribution is -0.137. The van der Waals surface area contributed by atoms with Crippen LogP contribution >= 0.6 is 0 Å². The predicted molar refractivity (Wildman–Crippen MR) is 127 cm³/mol. The number of allylic oxidation sites excluding steroid dienone is 1. The Morgan fingerprint density at radius 3 is 2.66 bits per heavy atom. The van der Waals surface area contributed by atoms with Gasteiger partial charge < -0.3 is 10.4 Å². The largest absolute Gasteiger partial charge is 0.481 e. The molecule has 0 radical (unpaired) electrons. The number of benzene rings is 1. The number of aromatic nitrogens is 1. The first-order valence-electron chi connectivity index (χ1n) is 10.8. The van der Waals surface area contributed by atoms with Crippen molar-refractivity contribution in [2.75, 3.05) is 13.1 Å². The Balaban J connectivity index is 2.04. The fourth-order valence-corrected chi connectivity index (χ4v) is 3.07. The second-order valence-corrected chi connectivity index (χ2v) is 7.84. The van der Waals surface area contributed by atoms with E-state index in [-0.39, 0.29) is 6.42 Å². The molecule has 32 heavy (non-hydrogen) atoms. The highest BCUT2D eigenvalue weighted by atomic mass is 16.4. The van der Waals surface area contributed by atoms with E-state index < -0.39 is 5.97 Å². The number of pyridine rings is 1. The van der Waals surface area contributed by atoms with Gasteiger partial charge in [-0.3, -0.25) is 20.1 Å². The lowest BCUT2D eigenvalue weighted by atomic mass is 9.96. The smallest absolute Gasteiger partial charge is 0.303 e. The second kappa shape index (κ2) is 13.6. The summed E-state index contributed by atoms with van der Waals surface area (Å²) in [6.07, 6.45) is 9.79. The van der Waals surface area contributed by atoms with Gasteiger partial charge in [-0.05, 0) is 47.9 Å². The van der Waals surface area contributed by atoms with Crippen molar-refractivity contribution in [1.82, 2.24) is 15.6 Å². The van der Waals surface area contributed by atoms with Crippen LogP contribution in [-0.4, -0.2) is 35.1 Å². The van der Waals surface area contributed by atoms with Gasteiger partial charge in [-0.2, -0.15) is 5.26 Å². The van der Waals surface area contributed by atoms with E-state index in [4.69, 9.17) is 10.4 Å². The van der Waals surface area contributed by atoms with Crippen molar-refractivity contribution in [2.45, 2.75) is 39.5 Å². The Hall–Kier alpha value is -3.66. The molecule has 0 fully saturated rings. The van der Waals surface area contributed by atoms with Crippen molar-refractivity contribution in [2.24, 2.45) is 10.9 Å². The monoisotopic (exact) mass is 433 g/mol. The highest BCUT2D eigenvalue weighted by molar-refractivity contribution is 5.81. The summed E-state index contributed by atoms with van der Waals surface area (Å²) in [6, 6.07) is 12.2. The molecule has 1 aromatic heterocycles. The number of carboxylic acids is 1. The van der Waals surface area contributed by atoms with Crippen molar-refractivity contribution < 1.29 is 9.90 Å². The number of guanidine groups is 1. The van der Waals surface area contributed by atoms with Crippen LogP contribution < -0.4 is 10.6 Å². The fourth-order valence-electron chi connectivity index (χ4n) is 3.07. The summed E-state index contributed by atoms with van der Waals surface area (Å²) in [5.41, 5.74) is 4.29. The molecule has 7 heteroatoms. The van der Waals surface area contributed by atoms with E-state index in [2.05, 4.69) is 64.8 Å². The van der Waals surface area contributed by atoms with E-state index in [1.54, 1.807) is 6.20 Å². The molecule has 0 aliphatic heterocycles. The molecule has 0 saturated heterocycles. The van der Waals surface area contributed by atoms with Gasteiger partial charge >= 0.3 is 5.97 Å². The van der Waals surface area contributed by atoms with Crippen molar-refractivity contribution in [3.05, 3.63) is 71.6 Å². The summed E-state index contributed by atoms with van der Waals surface area (Å²) in [4.78, 5) is 19.4. The van der Waals surface area contributed by atoms with Crippen LogP contribution in [0.5, 0.6) is 0 Å². The zero-order valence-electron chi connectivity index (χ0n) is 18.7. The van der Waals surface area contributed by atoms with Gasteiger partial charge in [0.2, 0.25) is 5.96 Å². The number of nitriles is 1. The molecule has 0 atom stereocenters. The number of carboxylic acid groups (broad SMARTS) is 1. The molecule has 7 nitrogen and oxygen atoms in total. The molecule has 0 amide bonds. The normalized spacial score (nSPS) is 11.8. The molecular weight excluding hydrogens is 402 g/mol. The van der Waals surface area contributed by atoms with Gasteiger partial charge in [0.05, 0.1) is 0 Å². The molecule has 1 aromatic carbocycles. The molecule has 0 spiro atoms. The average molecular weight is 434 g/mol. The zero-order valence-corrected chi connectivity index (χ0v) is 18.7. The molecular formula is C25H31N5O2. The minimum atomic E-state index is -0.776. The van der Waals surface area contributed by atoms with Crippen LogP contribution in [0.1, 0.15) is 49.8 Å². The maximum Gasteiger partial charge on any atom is 0.303 e. The Morgan fingerprint density at radius 1 is 1.25 bits per heavy atom. The van der Waals surface area contributed by atoms with Crippen molar-refractivity contribution in [1.29, 1.82) is 5.26 Å². The van der Waals surface area contributed by atoms with Crippen LogP contribution in [0.2, 0.25) is 0 Å². The molecule has 2 aromatic rings. The Bertz CT molecular complexity index is 945. The third-order valence-corrected chi connectivity index (χ3v) is 4.68. The van der Waals surface area contributed by atoms with Crippen LogP contribution in [0.15, 0.2) is 59.9 Å². The average Bonchev–Trinajstić information content (AvgIpc) is 2.78. The maximum atomic E-state index is 10.8. The van der Waals surface area contributed by atoms with Crippen molar-refractivity contribution in [3.8, 4) is 6.19 Å². The van der Waals surface area contributed by atoms with Gasteiger partial charge in [-0.15, -0.1) is 0 Å². The van der Waals surface area contributed by atoms with E-state index in [1.807, 2.05) is 24.5 Å². The Morgan fingerprint density at radius 2 is 2.03 bits per heavy atom. The molecule has 0 unspecified atom stereocenters. The Kier molecular flexibility index (Phi) is 10.5. The van der Waals surface area contributed by atoms with E-state index in [0.29, 0.717) is 37.8 Å². The quantitative estimate of drug-likeness (QED) is 0.163. The first kappa shape index (κ1) is 24.6. The van der Waals surface area contributed by atoms with Gasteiger partial charge in [0, 0.05) is 37.5 Å². The number of hydrogen-bond donors (Lipinski definition) is 3. The van der Waals surface area contributed by atoms with E-state index in [0.717, 1.165) is 28.7 Å². The van der Waals surface area contributed by atoms with Gasteiger partial charge in [-0.1, -0.05) is 50.3 Å². The lowest BCUT2D eigenvalue weighted by Gasteiger charge is -2.11. The molecule has 0 aliphatic carbocycles. The summed E-state index contributed by atoms with van der Waals surface area (Å²) in [5.74, 6) is 0.147. The molecule has 0 aliphatic rings. The van der Waals surface area contributed by atoms with Gasteiger partial charge in [0.15, 0.2) is 6.19 Å². The first-order valence-corrected chi connectivity index (χ1v) is 10.8. The molecule has 0 bridgehead atoms. The molecule has 3 N–H and O–H groups in total. The van der Waals surface area contributed by atoms with Crippen LogP contribution in [0.25, 0.3) is 5.57 Å². The molecule has 0 saturated carbocycles. The summed E-state index contributed by atoms with van der Waals surface area (Å²) >= 11 is 0. The number of carbonyl (C=O) groups is 1. The van der Waals surface area contributed by atoms with Crippen LogP contribution in [0.4, 0.5) is 0 Å². The summed E-state index contributed by atoms with van der Waals surface area (Å²) in [6.45, 7) is 5.47. The highest BCUT2D eigenvalue weighted by Gasteiger charge is 2.06. The standard InChI is InChI=1S/C25H31N5O2/c1-19(2)16-29-25(30-18-26)28-15-13-20-9-11-21(12-10-20)23(7-3-4-8-24(31)32)22-6-5-14-27-17-22/h5-7,9-12,14,17,19H,3-4,8,13,15-16H2,1-2H3,(H,31,32)(H2,28,29,30). The minimum Gasteiger partial charge on any atom is -0.481 e. The van der Waals surface area contributed by atoms with E-state index in [1.165, 1.54) is 0 Å². The van der Waals surface area contributed by atoms with Gasteiger partial charge in [-0.25, -0.2) is 0 Å². The minimum absolute atomic E-state index is 0.159. The zero-order chi connectivity index (χ0) is 23.2. The molecule has 1 heterocycles. The van der Waals surface area contributed by atoms with Gasteiger partial charge in [0.25, 0.3) is 0 Å². The number of unbranched alkanes of at least 4 members (excludes halogenated alkanes) is 1. The third kappa shape index (κ3) is 9.00. The molecule has 2 rings (SSSR count). The predicted octanol–water partition coefficient (Wildman–Crippen LogP) is 3.98. The maximum absolute atomic E-state index is 10.8. The summed E-state index contributed by atoms with van der Waals surface area (Å²) in [7, 11) is 0. The van der Waals surface area contributed by atoms with E-state index >= 15 is 0 Å². The number of hydrogen-bond acceptors (Lipinski definition) is 4. The SMILES string of the molecule is CC(C)CN=C(NC#N)NCCc1ccc(C(=CCCCC(=O)O)c2cccnc2)cc1. The summed E-state index contributed by atoms with van der Waals surface area (Å²) in [5, 5.41) is 23.5. The second-order valence-electron chi connectivity index (χ2n) is 7.84.